The number of hydrogen-bond donors (Lipinski definition) is 3. The highest BCUT2D eigenvalue weighted by Crippen LogP contribution is 2.46. The number of nitrogen functional groups attached to an aromatic ring is 1. The summed E-state index contributed by atoms with van der Waals surface area (Å²) in [5, 5.41) is 26.7. The molecule has 0 spiro atoms. The number of carbonyl (C=O) groups excluding carboxylic acids is 1. The normalized spacial score (nSPS) is 19.3. The maximum atomic E-state index is 13.3. The minimum atomic E-state index is -1.34. The van der Waals surface area contributed by atoms with Crippen LogP contribution in [0.3, 0.4) is 0 Å². The number of aromatic nitrogens is 6. The summed E-state index contributed by atoms with van der Waals surface area (Å²) in [4.78, 5) is 31.7. The van der Waals surface area contributed by atoms with E-state index >= 15 is 0 Å². The van der Waals surface area contributed by atoms with E-state index in [4.69, 9.17) is 22.3 Å². The zero-order valence-corrected chi connectivity index (χ0v) is 21.3. The van der Waals surface area contributed by atoms with Crippen LogP contribution in [0.1, 0.15) is 61.4 Å². The van der Waals surface area contributed by atoms with Crippen molar-refractivity contribution in [3.63, 3.8) is 0 Å². The maximum Gasteiger partial charge on any atom is 0.240 e. The number of phenols is 1. The standard InChI is InChI=1S/C26H24ClN9O2/c1-26(14-8-16(27)15(10-28)19(37)9-14)20-21(29)33-22(34-23(20)35-25(26)38)18-11-36-24(30-12-31-36)17(32-18)7-13-5-3-2-4-6-13/h8-9,11-13,37H,2-7H2,1H3,(H3,29,33,34,35,38). The number of aromatic hydroxyl groups is 1. The summed E-state index contributed by atoms with van der Waals surface area (Å²) < 4.78 is 1.66. The van der Waals surface area contributed by atoms with Crippen LogP contribution < -0.4 is 11.1 Å². The zero-order chi connectivity index (χ0) is 26.6. The highest BCUT2D eigenvalue weighted by atomic mass is 35.5. The van der Waals surface area contributed by atoms with Crippen LogP contribution in [0.25, 0.3) is 17.2 Å². The number of hydrogen-bond acceptors (Lipinski definition) is 9. The number of fused-ring (bicyclic) bond motifs is 2. The van der Waals surface area contributed by atoms with E-state index in [-0.39, 0.29) is 33.8 Å². The van der Waals surface area contributed by atoms with Gasteiger partial charge in [-0.3, -0.25) is 4.79 Å². The molecule has 3 aromatic heterocycles. The fourth-order valence-corrected chi connectivity index (χ4v) is 5.85. The lowest BCUT2D eigenvalue weighted by molar-refractivity contribution is -0.119. The summed E-state index contributed by atoms with van der Waals surface area (Å²) in [6.07, 6.45) is 10.0. The maximum absolute atomic E-state index is 13.3. The van der Waals surface area contributed by atoms with E-state index in [1.54, 1.807) is 17.6 Å². The number of rotatable bonds is 4. The van der Waals surface area contributed by atoms with Gasteiger partial charge in [0.25, 0.3) is 0 Å². The number of phenolic OH excluding ortho intramolecular Hbond substituents is 1. The molecule has 1 amide bonds. The number of anilines is 2. The SMILES string of the molecule is CC1(c2cc(O)c(C#N)c(Cl)c2)C(=O)Nc2nc(-c3cn4ncnc4c(CC4CCCCC4)n3)nc(N)c21. The highest BCUT2D eigenvalue weighted by molar-refractivity contribution is 6.32. The molecule has 1 aromatic carbocycles. The topological polar surface area (TPSA) is 168 Å². The van der Waals surface area contributed by atoms with Crippen LogP contribution in [0.4, 0.5) is 11.6 Å². The highest BCUT2D eigenvalue weighted by Gasteiger charge is 2.48. The van der Waals surface area contributed by atoms with Gasteiger partial charge in [0.05, 0.1) is 22.5 Å². The molecule has 0 bridgehead atoms. The van der Waals surface area contributed by atoms with Crippen molar-refractivity contribution >= 4 is 34.8 Å². The Kier molecular flexibility index (Phi) is 5.65. The van der Waals surface area contributed by atoms with E-state index < -0.39 is 11.3 Å². The number of carbonyl (C=O) groups is 1. The first-order valence-corrected chi connectivity index (χ1v) is 12.8. The van der Waals surface area contributed by atoms with Crippen LogP contribution in [0.15, 0.2) is 24.7 Å². The molecule has 1 fully saturated rings. The molecule has 0 radical (unpaired) electrons. The van der Waals surface area contributed by atoms with Crippen molar-refractivity contribution in [3.8, 4) is 23.3 Å². The Bertz CT molecular complexity index is 1630. The van der Waals surface area contributed by atoms with Crippen LogP contribution in [0.2, 0.25) is 5.02 Å². The van der Waals surface area contributed by atoms with E-state index in [0.717, 1.165) is 25.0 Å². The minimum absolute atomic E-state index is 0.0249. The van der Waals surface area contributed by atoms with Crippen LogP contribution >= 0.6 is 11.6 Å². The van der Waals surface area contributed by atoms with E-state index in [1.165, 1.54) is 37.7 Å². The Morgan fingerprint density at radius 1 is 1.26 bits per heavy atom. The Hall–Kier alpha value is -4.30. The fourth-order valence-electron chi connectivity index (χ4n) is 5.59. The van der Waals surface area contributed by atoms with Gasteiger partial charge in [0.2, 0.25) is 5.91 Å². The molecule has 0 saturated heterocycles. The predicted octanol–water partition coefficient (Wildman–Crippen LogP) is 3.78. The third-order valence-electron chi connectivity index (χ3n) is 7.65. The zero-order valence-electron chi connectivity index (χ0n) is 20.6. The second-order valence-electron chi connectivity index (χ2n) is 10.0. The van der Waals surface area contributed by atoms with Crippen LogP contribution in [0.5, 0.6) is 5.75 Å². The molecule has 4 heterocycles. The molecule has 192 valence electrons. The number of nitrogens with two attached hydrogens (primary N) is 1. The van der Waals surface area contributed by atoms with E-state index in [1.807, 2.05) is 6.07 Å². The average Bonchev–Trinajstić information content (AvgIpc) is 3.47. The number of amides is 1. The lowest BCUT2D eigenvalue weighted by Gasteiger charge is -2.24. The van der Waals surface area contributed by atoms with Crippen molar-refractivity contribution in [2.24, 2.45) is 5.92 Å². The van der Waals surface area contributed by atoms with E-state index in [2.05, 4.69) is 25.4 Å². The molecule has 1 saturated carbocycles. The van der Waals surface area contributed by atoms with Crippen LogP contribution in [-0.4, -0.2) is 40.6 Å². The summed E-state index contributed by atoms with van der Waals surface area (Å²) >= 11 is 6.22. The van der Waals surface area contributed by atoms with Crippen molar-refractivity contribution in [2.45, 2.75) is 50.9 Å². The van der Waals surface area contributed by atoms with E-state index in [0.29, 0.717) is 28.4 Å². The first-order chi connectivity index (χ1) is 18.3. The fraction of sp³-hybridized carbons (Fsp3) is 0.346. The van der Waals surface area contributed by atoms with Gasteiger partial charge in [-0.1, -0.05) is 43.7 Å². The molecule has 4 N–H and O–H groups in total. The third kappa shape index (κ3) is 3.71. The average molecular weight is 530 g/mol. The number of nitrogens with one attached hydrogen (secondary N) is 1. The van der Waals surface area contributed by atoms with Gasteiger partial charge in [-0.15, -0.1) is 0 Å². The van der Waals surface area contributed by atoms with Gasteiger partial charge in [-0.2, -0.15) is 10.4 Å². The number of benzene rings is 1. The number of nitriles is 1. The van der Waals surface area contributed by atoms with Crippen LogP contribution in [-0.2, 0) is 16.6 Å². The van der Waals surface area contributed by atoms with Crippen molar-refractivity contribution < 1.29 is 9.90 Å². The lowest BCUT2D eigenvalue weighted by atomic mass is 9.77. The summed E-state index contributed by atoms with van der Waals surface area (Å²) in [6, 6.07) is 4.66. The summed E-state index contributed by atoms with van der Waals surface area (Å²) in [6.45, 7) is 1.65. The van der Waals surface area contributed by atoms with Crippen molar-refractivity contribution in [1.82, 2.24) is 29.5 Å². The summed E-state index contributed by atoms with van der Waals surface area (Å²) in [5.74, 6) is 0.366. The van der Waals surface area contributed by atoms with Crippen molar-refractivity contribution in [2.75, 3.05) is 11.1 Å². The second kappa shape index (κ2) is 8.92. The second-order valence-corrected chi connectivity index (χ2v) is 10.4. The Balaban J connectivity index is 1.44. The van der Waals surface area contributed by atoms with Gasteiger partial charge in [0, 0.05) is 0 Å². The van der Waals surface area contributed by atoms with Gasteiger partial charge >= 0.3 is 0 Å². The number of nitrogens with zero attached hydrogens (tertiary/aromatic N) is 7. The molecule has 1 aliphatic heterocycles. The van der Waals surface area contributed by atoms with Gasteiger partial charge in [-0.05, 0) is 37.0 Å². The first kappa shape index (κ1) is 24.1. The van der Waals surface area contributed by atoms with Gasteiger partial charge in [-0.25, -0.2) is 24.5 Å². The van der Waals surface area contributed by atoms with Crippen molar-refractivity contribution in [1.29, 1.82) is 5.26 Å². The largest absolute Gasteiger partial charge is 0.507 e. The molecule has 6 rings (SSSR count). The van der Waals surface area contributed by atoms with E-state index in [9.17, 15) is 15.2 Å². The summed E-state index contributed by atoms with van der Waals surface area (Å²) in [5.41, 5.74) is 7.73. The van der Waals surface area contributed by atoms with Gasteiger partial charge in [0.15, 0.2) is 11.5 Å². The van der Waals surface area contributed by atoms with Crippen molar-refractivity contribution in [3.05, 3.63) is 52.1 Å². The lowest BCUT2D eigenvalue weighted by Crippen LogP contribution is -2.33. The molecule has 4 aromatic rings. The monoisotopic (exact) mass is 529 g/mol. The Labute approximate surface area is 222 Å². The molecule has 1 unspecified atom stereocenters. The Morgan fingerprint density at radius 3 is 2.79 bits per heavy atom. The minimum Gasteiger partial charge on any atom is -0.507 e. The molecule has 11 nitrogen and oxygen atoms in total. The first-order valence-electron chi connectivity index (χ1n) is 12.4. The summed E-state index contributed by atoms with van der Waals surface area (Å²) in [7, 11) is 0. The molecule has 1 atom stereocenters. The quantitative estimate of drug-likeness (QED) is 0.356. The third-order valence-corrected chi connectivity index (χ3v) is 7.95. The molecular formula is C26H24ClN9O2. The van der Waals surface area contributed by atoms with Crippen LogP contribution in [0, 0.1) is 17.2 Å². The predicted molar refractivity (Wildman–Crippen MR) is 139 cm³/mol. The smallest absolute Gasteiger partial charge is 0.240 e. The molecule has 2 aliphatic rings. The number of halogens is 1. The molecular weight excluding hydrogens is 506 g/mol. The molecule has 38 heavy (non-hydrogen) atoms. The molecule has 1 aliphatic carbocycles. The van der Waals surface area contributed by atoms with Gasteiger partial charge in [0.1, 0.15) is 46.5 Å². The van der Waals surface area contributed by atoms with Gasteiger partial charge < -0.3 is 16.2 Å². The Morgan fingerprint density at radius 2 is 2.05 bits per heavy atom. The molecule has 12 heteroatoms.